The van der Waals surface area contributed by atoms with Crippen molar-refractivity contribution in [3.05, 3.63) is 18.0 Å². The second kappa shape index (κ2) is 7.85. The molecule has 140 valence electrons. The normalized spacial score (nSPS) is 23.7. The molecule has 2 saturated heterocycles. The maximum Gasteiger partial charge on any atom is 0.223 e. The van der Waals surface area contributed by atoms with Crippen LogP contribution in [0.3, 0.4) is 0 Å². The van der Waals surface area contributed by atoms with Gasteiger partial charge in [-0.1, -0.05) is 0 Å². The van der Waals surface area contributed by atoms with Crippen molar-refractivity contribution in [2.75, 3.05) is 53.6 Å². The summed E-state index contributed by atoms with van der Waals surface area (Å²) in [6.07, 6.45) is 6.55. The Bertz CT molecular complexity index is 581. The molecule has 0 N–H and O–H groups in total. The Morgan fingerprint density at radius 2 is 1.88 bits per heavy atom. The van der Waals surface area contributed by atoms with E-state index < -0.39 is 0 Å². The Balaban J connectivity index is 1.82. The fraction of sp³-hybridized carbons (Fsp3) is 0.778. The summed E-state index contributed by atoms with van der Waals surface area (Å²) in [7, 11) is 5.37. The molecule has 7 nitrogen and oxygen atoms in total. The van der Waals surface area contributed by atoms with Crippen LogP contribution in [0.15, 0.2) is 12.4 Å². The minimum atomic E-state index is -0.109. The standard InChI is InChI=1S/C18H30N4O3/c1-20-14-15(13-19-20)16-12-17(23)22(9-11-25-3)18(16)4-6-21(7-5-18)8-10-24-2/h13-14,16H,4-12H2,1-3H3/t16-/m0/s1. The molecule has 3 heterocycles. The average Bonchev–Trinajstić information content (AvgIpc) is 3.15. The van der Waals surface area contributed by atoms with Crippen LogP contribution in [-0.2, 0) is 21.3 Å². The molecular weight excluding hydrogens is 320 g/mol. The molecule has 1 atom stereocenters. The van der Waals surface area contributed by atoms with Crippen LogP contribution in [0, 0.1) is 0 Å². The maximum absolute atomic E-state index is 12.8. The van der Waals surface area contributed by atoms with Gasteiger partial charge in [-0.3, -0.25) is 9.48 Å². The molecule has 0 unspecified atom stereocenters. The van der Waals surface area contributed by atoms with Crippen molar-refractivity contribution in [3.8, 4) is 0 Å². The molecule has 3 rings (SSSR count). The first kappa shape index (κ1) is 18.4. The summed E-state index contributed by atoms with van der Waals surface area (Å²) < 4.78 is 12.3. The number of nitrogens with zero attached hydrogens (tertiary/aromatic N) is 4. The van der Waals surface area contributed by atoms with Crippen LogP contribution in [0.2, 0.25) is 0 Å². The van der Waals surface area contributed by atoms with E-state index in [1.54, 1.807) is 14.2 Å². The molecule has 0 bridgehead atoms. The molecular formula is C18H30N4O3. The van der Waals surface area contributed by atoms with Crippen molar-refractivity contribution in [1.82, 2.24) is 19.6 Å². The summed E-state index contributed by atoms with van der Waals surface area (Å²) >= 11 is 0. The molecule has 1 aromatic rings. The average molecular weight is 350 g/mol. The Morgan fingerprint density at radius 1 is 1.20 bits per heavy atom. The van der Waals surface area contributed by atoms with Gasteiger partial charge in [-0.25, -0.2) is 0 Å². The lowest BCUT2D eigenvalue weighted by atomic mass is 9.74. The van der Waals surface area contributed by atoms with Crippen molar-refractivity contribution in [2.24, 2.45) is 7.05 Å². The van der Waals surface area contributed by atoms with Gasteiger partial charge in [-0.15, -0.1) is 0 Å². The summed E-state index contributed by atoms with van der Waals surface area (Å²) in [6, 6.07) is 0. The fourth-order valence-electron chi connectivity index (χ4n) is 4.49. The van der Waals surface area contributed by atoms with E-state index in [4.69, 9.17) is 9.47 Å². The lowest BCUT2D eigenvalue weighted by Crippen LogP contribution is -2.56. The molecule has 0 aliphatic carbocycles. The van der Waals surface area contributed by atoms with Gasteiger partial charge in [0.2, 0.25) is 5.91 Å². The zero-order chi connectivity index (χ0) is 17.9. The quantitative estimate of drug-likeness (QED) is 0.730. The van der Waals surface area contributed by atoms with Crippen molar-refractivity contribution in [1.29, 1.82) is 0 Å². The van der Waals surface area contributed by atoms with Gasteiger partial charge < -0.3 is 19.3 Å². The van der Waals surface area contributed by atoms with Crippen molar-refractivity contribution >= 4 is 5.91 Å². The second-order valence-corrected chi connectivity index (χ2v) is 7.18. The Labute approximate surface area is 149 Å². The number of likely N-dealkylation sites (tertiary alicyclic amines) is 2. The van der Waals surface area contributed by atoms with E-state index in [0.29, 0.717) is 19.6 Å². The van der Waals surface area contributed by atoms with Gasteiger partial charge in [0.25, 0.3) is 0 Å². The first-order valence-electron chi connectivity index (χ1n) is 9.10. The van der Waals surface area contributed by atoms with Crippen LogP contribution in [0.4, 0.5) is 0 Å². The van der Waals surface area contributed by atoms with Crippen LogP contribution in [0.5, 0.6) is 0 Å². The second-order valence-electron chi connectivity index (χ2n) is 7.18. The van der Waals surface area contributed by atoms with E-state index in [-0.39, 0.29) is 17.4 Å². The van der Waals surface area contributed by atoms with Gasteiger partial charge in [0.05, 0.1) is 24.9 Å². The van der Waals surface area contributed by atoms with E-state index >= 15 is 0 Å². The van der Waals surface area contributed by atoms with Gasteiger partial charge in [0.1, 0.15) is 0 Å². The first-order chi connectivity index (χ1) is 12.1. The van der Waals surface area contributed by atoms with Gasteiger partial charge in [0, 0.05) is 66.0 Å². The van der Waals surface area contributed by atoms with Crippen molar-refractivity contribution in [2.45, 2.75) is 30.7 Å². The molecule has 2 aliphatic rings. The monoisotopic (exact) mass is 350 g/mol. The number of carbonyl (C=O) groups is 1. The third-order valence-electron chi connectivity index (χ3n) is 5.85. The van der Waals surface area contributed by atoms with E-state index in [0.717, 1.165) is 39.1 Å². The third kappa shape index (κ3) is 3.59. The van der Waals surface area contributed by atoms with E-state index in [9.17, 15) is 4.79 Å². The number of rotatable bonds is 7. The molecule has 2 aliphatic heterocycles. The number of ether oxygens (including phenoxy) is 2. The van der Waals surface area contributed by atoms with Crippen LogP contribution < -0.4 is 0 Å². The number of hydrogen-bond donors (Lipinski definition) is 0. The largest absolute Gasteiger partial charge is 0.383 e. The third-order valence-corrected chi connectivity index (χ3v) is 5.85. The van der Waals surface area contributed by atoms with Crippen LogP contribution in [0.25, 0.3) is 0 Å². The molecule has 25 heavy (non-hydrogen) atoms. The number of aromatic nitrogens is 2. The van der Waals surface area contributed by atoms with E-state index in [2.05, 4.69) is 21.1 Å². The predicted octanol–water partition coefficient (Wildman–Crippen LogP) is 0.863. The number of piperidine rings is 1. The van der Waals surface area contributed by atoms with E-state index in [1.165, 1.54) is 5.56 Å². The Kier molecular flexibility index (Phi) is 5.76. The minimum absolute atomic E-state index is 0.109. The fourth-order valence-corrected chi connectivity index (χ4v) is 4.49. The summed E-state index contributed by atoms with van der Waals surface area (Å²) in [5, 5.41) is 4.34. The van der Waals surface area contributed by atoms with Crippen LogP contribution >= 0.6 is 0 Å². The van der Waals surface area contributed by atoms with Crippen LogP contribution in [0.1, 0.15) is 30.7 Å². The number of carbonyl (C=O) groups excluding carboxylic acids is 1. The van der Waals surface area contributed by atoms with Gasteiger partial charge in [-0.05, 0) is 18.4 Å². The Hall–Kier alpha value is -1.44. The Morgan fingerprint density at radius 3 is 2.48 bits per heavy atom. The van der Waals surface area contributed by atoms with Crippen molar-refractivity contribution in [3.63, 3.8) is 0 Å². The molecule has 0 saturated carbocycles. The molecule has 0 radical (unpaired) electrons. The van der Waals surface area contributed by atoms with Gasteiger partial charge >= 0.3 is 0 Å². The molecule has 2 fully saturated rings. The number of methoxy groups -OCH3 is 2. The maximum atomic E-state index is 12.8. The number of amides is 1. The highest BCUT2D eigenvalue weighted by atomic mass is 16.5. The zero-order valence-corrected chi connectivity index (χ0v) is 15.6. The topological polar surface area (TPSA) is 59.8 Å². The molecule has 1 spiro atoms. The zero-order valence-electron chi connectivity index (χ0n) is 15.6. The van der Waals surface area contributed by atoms with Gasteiger partial charge in [0.15, 0.2) is 0 Å². The molecule has 0 aromatic carbocycles. The highest BCUT2D eigenvalue weighted by molar-refractivity contribution is 5.81. The predicted molar refractivity (Wildman–Crippen MR) is 94.4 cm³/mol. The van der Waals surface area contributed by atoms with Gasteiger partial charge in [-0.2, -0.15) is 5.10 Å². The summed E-state index contributed by atoms with van der Waals surface area (Å²) in [5.41, 5.74) is 1.07. The smallest absolute Gasteiger partial charge is 0.223 e. The molecule has 7 heteroatoms. The SMILES string of the molecule is COCCN1CCC2(CC1)[C@H](c1cnn(C)c1)CC(=O)N2CCOC. The highest BCUT2D eigenvalue weighted by Crippen LogP contribution is 2.48. The summed E-state index contributed by atoms with van der Waals surface area (Å²) in [5.74, 6) is 0.464. The van der Waals surface area contributed by atoms with E-state index in [1.807, 2.05) is 17.9 Å². The molecule has 1 amide bonds. The number of hydrogen-bond acceptors (Lipinski definition) is 5. The number of aryl methyl sites for hydroxylation is 1. The minimum Gasteiger partial charge on any atom is -0.383 e. The lowest BCUT2D eigenvalue weighted by Gasteiger charge is -2.47. The first-order valence-corrected chi connectivity index (χ1v) is 9.10. The van der Waals surface area contributed by atoms with Crippen molar-refractivity contribution < 1.29 is 14.3 Å². The summed E-state index contributed by atoms with van der Waals surface area (Å²) in [4.78, 5) is 17.3. The molecule has 1 aromatic heterocycles. The lowest BCUT2D eigenvalue weighted by molar-refractivity contribution is -0.133. The summed E-state index contributed by atoms with van der Waals surface area (Å²) in [6.45, 7) is 4.96. The van der Waals surface area contributed by atoms with Crippen LogP contribution in [-0.4, -0.2) is 84.6 Å². The highest BCUT2D eigenvalue weighted by Gasteiger charge is 2.54.